The molecule has 2 rings (SSSR count). The molecule has 0 aromatic heterocycles. The number of carbonyl (C=O) groups excluding carboxylic acids is 1. The number of nitrogens with one attached hydrogen (secondary N) is 1. The molecule has 0 aliphatic carbocycles. The van der Waals surface area contributed by atoms with Gasteiger partial charge in [0, 0.05) is 12.1 Å². The van der Waals surface area contributed by atoms with Crippen molar-refractivity contribution in [1.29, 1.82) is 0 Å². The number of amides is 1. The summed E-state index contributed by atoms with van der Waals surface area (Å²) in [6.07, 6.45) is 3.41. The molecule has 0 radical (unpaired) electrons. The van der Waals surface area contributed by atoms with E-state index < -0.39 is 0 Å². The first-order chi connectivity index (χ1) is 8.20. The Balaban J connectivity index is 2.16. The molecule has 17 heavy (non-hydrogen) atoms. The van der Waals surface area contributed by atoms with Crippen LogP contribution in [0.15, 0.2) is 12.1 Å². The number of rotatable bonds is 4. The van der Waals surface area contributed by atoms with Crippen LogP contribution in [-0.2, 0) is 11.2 Å². The molecule has 3 N–H and O–H groups in total. The number of nitrogen functional groups attached to an aromatic ring is 1. The van der Waals surface area contributed by atoms with Crippen LogP contribution in [0.4, 0.5) is 11.4 Å². The summed E-state index contributed by atoms with van der Waals surface area (Å²) in [4.78, 5) is 11.2. The lowest BCUT2D eigenvalue weighted by molar-refractivity contribution is -0.116. The SMILES string of the molecule is CCCCOc1cc2c(cc1N)NC(=O)CC2. The summed E-state index contributed by atoms with van der Waals surface area (Å²) >= 11 is 0. The molecule has 92 valence electrons. The molecule has 0 spiro atoms. The molecule has 0 atom stereocenters. The lowest BCUT2D eigenvalue weighted by atomic mass is 10.0. The fraction of sp³-hybridized carbons (Fsp3) is 0.462. The van der Waals surface area contributed by atoms with Gasteiger partial charge in [0.2, 0.25) is 5.91 Å². The molecule has 0 saturated heterocycles. The standard InChI is InChI=1S/C13H18N2O2/c1-2-3-6-17-12-7-9-4-5-13(16)15-11(9)8-10(12)14/h7-8H,2-6,14H2,1H3,(H,15,16). The highest BCUT2D eigenvalue weighted by Gasteiger charge is 2.16. The number of fused-ring (bicyclic) bond motifs is 1. The van der Waals surface area contributed by atoms with Crippen molar-refractivity contribution in [2.75, 3.05) is 17.7 Å². The third kappa shape index (κ3) is 2.70. The fourth-order valence-electron chi connectivity index (χ4n) is 1.87. The van der Waals surface area contributed by atoms with Gasteiger partial charge in [0.25, 0.3) is 0 Å². The number of anilines is 2. The fourth-order valence-corrected chi connectivity index (χ4v) is 1.87. The molecule has 1 heterocycles. The molecule has 4 heteroatoms. The summed E-state index contributed by atoms with van der Waals surface area (Å²) < 4.78 is 5.63. The van der Waals surface area contributed by atoms with Crippen LogP contribution in [-0.4, -0.2) is 12.5 Å². The normalized spacial score (nSPS) is 14.1. The maximum Gasteiger partial charge on any atom is 0.224 e. The molecule has 0 saturated carbocycles. The molecule has 1 aliphatic heterocycles. The summed E-state index contributed by atoms with van der Waals surface area (Å²) in [6, 6.07) is 3.73. The number of ether oxygens (including phenoxy) is 1. The number of carbonyl (C=O) groups is 1. The van der Waals surface area contributed by atoms with Crippen LogP contribution in [0.1, 0.15) is 31.7 Å². The lowest BCUT2D eigenvalue weighted by Gasteiger charge is -2.19. The number of aryl methyl sites for hydroxylation is 1. The Kier molecular flexibility index (Phi) is 3.52. The summed E-state index contributed by atoms with van der Waals surface area (Å²) in [7, 11) is 0. The van der Waals surface area contributed by atoms with Crippen molar-refractivity contribution in [3.8, 4) is 5.75 Å². The minimum Gasteiger partial charge on any atom is -0.491 e. The Bertz CT molecular complexity index is 430. The van der Waals surface area contributed by atoms with E-state index in [1.54, 1.807) is 6.07 Å². The van der Waals surface area contributed by atoms with Crippen LogP contribution in [0.2, 0.25) is 0 Å². The van der Waals surface area contributed by atoms with Crippen LogP contribution >= 0.6 is 0 Å². The van der Waals surface area contributed by atoms with Crippen LogP contribution in [0.25, 0.3) is 0 Å². The maximum atomic E-state index is 11.2. The van der Waals surface area contributed by atoms with Gasteiger partial charge < -0.3 is 15.8 Å². The summed E-state index contributed by atoms with van der Waals surface area (Å²) in [5.74, 6) is 0.782. The first kappa shape index (κ1) is 11.8. The van der Waals surface area contributed by atoms with Crippen molar-refractivity contribution in [2.45, 2.75) is 32.6 Å². The Morgan fingerprint density at radius 1 is 1.41 bits per heavy atom. The molecule has 0 bridgehead atoms. The van der Waals surface area contributed by atoms with E-state index >= 15 is 0 Å². The number of benzene rings is 1. The van der Waals surface area contributed by atoms with Crippen molar-refractivity contribution in [3.05, 3.63) is 17.7 Å². The zero-order valence-electron chi connectivity index (χ0n) is 10.1. The number of hydrogen-bond donors (Lipinski definition) is 2. The minimum absolute atomic E-state index is 0.0524. The molecule has 0 fully saturated rings. The van der Waals surface area contributed by atoms with Gasteiger partial charge in [-0.05, 0) is 30.5 Å². The zero-order valence-corrected chi connectivity index (χ0v) is 10.1. The van der Waals surface area contributed by atoms with Gasteiger partial charge in [0.05, 0.1) is 12.3 Å². The molecule has 1 aromatic carbocycles. The van der Waals surface area contributed by atoms with Gasteiger partial charge in [-0.15, -0.1) is 0 Å². The average molecular weight is 234 g/mol. The average Bonchev–Trinajstić information content (AvgIpc) is 2.30. The van der Waals surface area contributed by atoms with Crippen LogP contribution in [0, 0.1) is 0 Å². The van der Waals surface area contributed by atoms with E-state index in [9.17, 15) is 4.79 Å². The molecule has 1 aliphatic rings. The van der Waals surface area contributed by atoms with Gasteiger partial charge in [-0.2, -0.15) is 0 Å². The lowest BCUT2D eigenvalue weighted by Crippen LogP contribution is -2.19. The van der Waals surface area contributed by atoms with Crippen LogP contribution < -0.4 is 15.8 Å². The van der Waals surface area contributed by atoms with Gasteiger partial charge in [-0.1, -0.05) is 13.3 Å². The highest BCUT2D eigenvalue weighted by Crippen LogP contribution is 2.32. The van der Waals surface area contributed by atoms with Crippen molar-refractivity contribution in [2.24, 2.45) is 0 Å². The molecular weight excluding hydrogens is 216 g/mol. The monoisotopic (exact) mass is 234 g/mol. The predicted molar refractivity (Wildman–Crippen MR) is 68.2 cm³/mol. The number of nitrogens with two attached hydrogens (primary N) is 1. The summed E-state index contributed by atoms with van der Waals surface area (Å²) in [5.41, 5.74) is 8.40. The van der Waals surface area contributed by atoms with Crippen molar-refractivity contribution in [1.82, 2.24) is 0 Å². The number of hydrogen-bond acceptors (Lipinski definition) is 3. The largest absolute Gasteiger partial charge is 0.491 e. The highest BCUT2D eigenvalue weighted by atomic mass is 16.5. The van der Waals surface area contributed by atoms with Gasteiger partial charge in [0.1, 0.15) is 5.75 Å². The van der Waals surface area contributed by atoms with E-state index in [0.29, 0.717) is 18.7 Å². The van der Waals surface area contributed by atoms with Crippen LogP contribution in [0.5, 0.6) is 5.75 Å². The quantitative estimate of drug-likeness (QED) is 0.620. The molecule has 0 unspecified atom stereocenters. The Labute approximate surface area is 101 Å². The third-order valence-corrected chi connectivity index (χ3v) is 2.89. The minimum atomic E-state index is 0.0524. The summed E-state index contributed by atoms with van der Waals surface area (Å²) in [6.45, 7) is 2.81. The second kappa shape index (κ2) is 5.08. The highest BCUT2D eigenvalue weighted by molar-refractivity contribution is 5.94. The Hall–Kier alpha value is -1.71. The van der Waals surface area contributed by atoms with Crippen molar-refractivity contribution < 1.29 is 9.53 Å². The summed E-state index contributed by atoms with van der Waals surface area (Å²) in [5, 5.41) is 2.82. The Morgan fingerprint density at radius 2 is 2.24 bits per heavy atom. The number of unbranched alkanes of at least 4 members (excludes halogenated alkanes) is 1. The smallest absolute Gasteiger partial charge is 0.224 e. The van der Waals surface area contributed by atoms with E-state index in [2.05, 4.69) is 12.2 Å². The Morgan fingerprint density at radius 3 is 3.00 bits per heavy atom. The van der Waals surface area contributed by atoms with Crippen LogP contribution in [0.3, 0.4) is 0 Å². The van der Waals surface area contributed by atoms with E-state index in [4.69, 9.17) is 10.5 Å². The third-order valence-electron chi connectivity index (χ3n) is 2.89. The second-order valence-corrected chi connectivity index (χ2v) is 4.30. The van der Waals surface area contributed by atoms with Gasteiger partial charge in [-0.3, -0.25) is 4.79 Å². The van der Waals surface area contributed by atoms with E-state index in [1.165, 1.54) is 0 Å². The molecule has 4 nitrogen and oxygen atoms in total. The first-order valence-corrected chi connectivity index (χ1v) is 6.05. The van der Waals surface area contributed by atoms with Crippen molar-refractivity contribution in [3.63, 3.8) is 0 Å². The predicted octanol–water partition coefficient (Wildman–Crippen LogP) is 2.33. The van der Waals surface area contributed by atoms with Gasteiger partial charge >= 0.3 is 0 Å². The van der Waals surface area contributed by atoms with Crippen molar-refractivity contribution >= 4 is 17.3 Å². The second-order valence-electron chi connectivity index (χ2n) is 4.30. The molecule has 1 aromatic rings. The maximum absolute atomic E-state index is 11.2. The molecule has 1 amide bonds. The first-order valence-electron chi connectivity index (χ1n) is 6.05. The van der Waals surface area contributed by atoms with E-state index in [1.807, 2.05) is 6.07 Å². The topological polar surface area (TPSA) is 64.3 Å². The zero-order chi connectivity index (χ0) is 12.3. The van der Waals surface area contributed by atoms with E-state index in [0.717, 1.165) is 36.3 Å². The van der Waals surface area contributed by atoms with Gasteiger partial charge in [-0.25, -0.2) is 0 Å². The van der Waals surface area contributed by atoms with E-state index in [-0.39, 0.29) is 5.91 Å². The van der Waals surface area contributed by atoms with Gasteiger partial charge in [0.15, 0.2) is 0 Å². The molecular formula is C13H18N2O2.